The minimum Gasteiger partial charge on any atom is -0.310 e. The lowest BCUT2D eigenvalue weighted by molar-refractivity contribution is 1.19. The molecule has 13 aromatic rings. The summed E-state index contributed by atoms with van der Waals surface area (Å²) < 4.78 is 5.03. The van der Waals surface area contributed by atoms with Crippen molar-refractivity contribution in [1.82, 2.24) is 4.57 Å². The number of thiophene rings is 1. The van der Waals surface area contributed by atoms with E-state index >= 15 is 0 Å². The first-order valence-electron chi connectivity index (χ1n) is 21.6. The zero-order valence-electron chi connectivity index (χ0n) is 34.2. The van der Waals surface area contributed by atoms with Crippen LogP contribution in [0, 0.1) is 0 Å². The zero-order valence-corrected chi connectivity index (χ0v) is 35.1. The standard InChI is InChI=1S/C60H38N2S/c1-2-13-39(14-3-1)40-25-30-43(31-26-40)61(57-22-12-24-59-60(57)52-20-9-11-23-58(52)63-59)44-32-27-41(28-33-44)42-29-36-56-54(37-42)51-19-8-10-21-55(51)62(56)45-34-35-50-48-17-5-4-15-46(48)47-16-6-7-18-49(47)53(50)38-45/h1-38H. The molecule has 294 valence electrons. The Bertz CT molecular complexity index is 3860. The third-order valence-corrected chi connectivity index (χ3v) is 14.1. The molecule has 0 atom stereocenters. The normalized spacial score (nSPS) is 11.8. The molecule has 0 fully saturated rings. The van der Waals surface area contributed by atoms with Gasteiger partial charge in [-0.15, -0.1) is 11.3 Å². The summed E-state index contributed by atoms with van der Waals surface area (Å²) in [6.07, 6.45) is 0. The third kappa shape index (κ3) is 5.71. The van der Waals surface area contributed by atoms with Crippen molar-refractivity contribution in [3.8, 4) is 27.9 Å². The summed E-state index contributed by atoms with van der Waals surface area (Å²) in [6, 6.07) is 84.7. The molecule has 2 heterocycles. The molecular weight excluding hydrogens is 781 g/mol. The van der Waals surface area contributed by atoms with Crippen molar-refractivity contribution in [3.63, 3.8) is 0 Å². The van der Waals surface area contributed by atoms with Gasteiger partial charge in [0.05, 0.1) is 16.7 Å². The van der Waals surface area contributed by atoms with Crippen LogP contribution >= 0.6 is 11.3 Å². The van der Waals surface area contributed by atoms with E-state index in [1.807, 2.05) is 11.3 Å². The Kier molecular flexibility index (Phi) is 8.12. The maximum absolute atomic E-state index is 2.44. The van der Waals surface area contributed by atoms with E-state index in [9.17, 15) is 0 Å². The smallest absolute Gasteiger partial charge is 0.0554 e. The van der Waals surface area contributed by atoms with Gasteiger partial charge >= 0.3 is 0 Å². The van der Waals surface area contributed by atoms with Gasteiger partial charge < -0.3 is 9.47 Å². The number of para-hydroxylation sites is 1. The van der Waals surface area contributed by atoms with Crippen molar-refractivity contribution in [2.75, 3.05) is 4.90 Å². The molecule has 0 saturated carbocycles. The fraction of sp³-hybridized carbons (Fsp3) is 0. The summed E-state index contributed by atoms with van der Waals surface area (Å²) in [6.45, 7) is 0. The molecule has 0 amide bonds. The second-order valence-electron chi connectivity index (χ2n) is 16.4. The van der Waals surface area contributed by atoms with Gasteiger partial charge in [-0.3, -0.25) is 0 Å². The fourth-order valence-corrected chi connectivity index (χ4v) is 11.2. The minimum absolute atomic E-state index is 1.11. The molecule has 0 radical (unpaired) electrons. The minimum atomic E-state index is 1.11. The summed E-state index contributed by atoms with van der Waals surface area (Å²) in [5.41, 5.74) is 11.8. The van der Waals surface area contributed by atoms with Gasteiger partial charge in [0, 0.05) is 48.0 Å². The van der Waals surface area contributed by atoms with Crippen molar-refractivity contribution in [3.05, 3.63) is 231 Å². The predicted octanol–water partition coefficient (Wildman–Crippen LogP) is 17.4. The molecule has 11 aromatic carbocycles. The lowest BCUT2D eigenvalue weighted by Gasteiger charge is -2.27. The van der Waals surface area contributed by atoms with Crippen LogP contribution in [0.5, 0.6) is 0 Å². The molecule has 3 heteroatoms. The monoisotopic (exact) mass is 818 g/mol. The second-order valence-corrected chi connectivity index (χ2v) is 17.5. The molecule has 0 aliphatic rings. The maximum Gasteiger partial charge on any atom is 0.0554 e. The van der Waals surface area contributed by atoms with Gasteiger partial charge in [-0.25, -0.2) is 0 Å². The molecule has 0 aliphatic heterocycles. The van der Waals surface area contributed by atoms with Gasteiger partial charge in [0.15, 0.2) is 0 Å². The number of fused-ring (bicyclic) bond motifs is 12. The Hall–Kier alpha value is -7.98. The number of aromatic nitrogens is 1. The highest BCUT2D eigenvalue weighted by Gasteiger charge is 2.20. The second kappa shape index (κ2) is 14.3. The molecule has 2 aromatic heterocycles. The van der Waals surface area contributed by atoms with Crippen molar-refractivity contribution in [2.45, 2.75) is 0 Å². The van der Waals surface area contributed by atoms with Crippen LogP contribution in [-0.2, 0) is 0 Å². The van der Waals surface area contributed by atoms with Crippen LogP contribution in [-0.4, -0.2) is 4.57 Å². The molecule has 0 spiro atoms. The SMILES string of the molecule is c1ccc(-c2ccc(N(c3ccc(-c4ccc5c(c4)c4ccccc4n5-c4ccc5c6ccccc6c6ccccc6c5c4)cc3)c3cccc4sc5ccccc5c34)cc2)cc1. The van der Waals surface area contributed by atoms with Crippen LogP contribution in [0.3, 0.4) is 0 Å². The molecular formula is C60H38N2S. The Balaban J connectivity index is 0.932. The fourth-order valence-electron chi connectivity index (χ4n) is 10.1. The van der Waals surface area contributed by atoms with Gasteiger partial charge in [0.25, 0.3) is 0 Å². The molecule has 0 saturated heterocycles. The van der Waals surface area contributed by atoms with Crippen molar-refractivity contribution in [2.24, 2.45) is 0 Å². The Morgan fingerprint density at radius 3 is 1.51 bits per heavy atom. The molecule has 2 nitrogen and oxygen atoms in total. The number of hydrogen-bond donors (Lipinski definition) is 0. The highest BCUT2D eigenvalue weighted by molar-refractivity contribution is 7.26. The number of rotatable bonds is 6. The van der Waals surface area contributed by atoms with Gasteiger partial charge in [-0.05, 0) is 127 Å². The lowest BCUT2D eigenvalue weighted by Crippen LogP contribution is -2.10. The number of hydrogen-bond acceptors (Lipinski definition) is 2. The van der Waals surface area contributed by atoms with Gasteiger partial charge in [0.1, 0.15) is 0 Å². The number of benzene rings is 11. The first-order valence-corrected chi connectivity index (χ1v) is 22.4. The van der Waals surface area contributed by atoms with Crippen LogP contribution in [0.2, 0.25) is 0 Å². The molecule has 13 rings (SSSR count). The predicted molar refractivity (Wildman–Crippen MR) is 272 cm³/mol. The average Bonchev–Trinajstić information content (AvgIpc) is 3.91. The molecule has 0 N–H and O–H groups in total. The molecule has 0 unspecified atom stereocenters. The van der Waals surface area contributed by atoms with Crippen molar-refractivity contribution >= 4 is 103 Å². The largest absolute Gasteiger partial charge is 0.310 e. The van der Waals surface area contributed by atoms with E-state index in [-0.39, 0.29) is 0 Å². The van der Waals surface area contributed by atoms with E-state index in [4.69, 9.17) is 0 Å². The highest BCUT2D eigenvalue weighted by Crippen LogP contribution is 2.46. The van der Waals surface area contributed by atoms with Gasteiger partial charge in [0.2, 0.25) is 0 Å². The van der Waals surface area contributed by atoms with Gasteiger partial charge in [-0.2, -0.15) is 0 Å². The van der Waals surface area contributed by atoms with Crippen molar-refractivity contribution < 1.29 is 0 Å². The van der Waals surface area contributed by atoms with E-state index in [0.29, 0.717) is 0 Å². The Morgan fingerprint density at radius 1 is 0.302 bits per heavy atom. The van der Waals surface area contributed by atoms with Crippen molar-refractivity contribution in [1.29, 1.82) is 0 Å². The lowest BCUT2D eigenvalue weighted by atomic mass is 9.94. The summed E-state index contributed by atoms with van der Waals surface area (Å²) in [5, 5.41) is 12.8. The number of anilines is 3. The zero-order chi connectivity index (χ0) is 41.4. The van der Waals surface area contributed by atoms with E-state index in [2.05, 4.69) is 240 Å². The average molecular weight is 819 g/mol. The van der Waals surface area contributed by atoms with E-state index in [1.165, 1.54) is 102 Å². The van der Waals surface area contributed by atoms with Crippen LogP contribution in [0.4, 0.5) is 17.1 Å². The van der Waals surface area contributed by atoms with E-state index in [0.717, 1.165) is 17.1 Å². The maximum atomic E-state index is 2.44. The first kappa shape index (κ1) is 35.7. The highest BCUT2D eigenvalue weighted by atomic mass is 32.1. The Morgan fingerprint density at radius 2 is 0.810 bits per heavy atom. The molecule has 0 aliphatic carbocycles. The summed E-state index contributed by atoms with van der Waals surface area (Å²) in [4.78, 5) is 2.42. The molecule has 63 heavy (non-hydrogen) atoms. The summed E-state index contributed by atoms with van der Waals surface area (Å²) >= 11 is 1.86. The van der Waals surface area contributed by atoms with Crippen LogP contribution < -0.4 is 4.90 Å². The quantitative estimate of drug-likeness (QED) is 0.152. The topological polar surface area (TPSA) is 8.17 Å². The number of nitrogens with zero attached hydrogens (tertiary/aromatic N) is 2. The van der Waals surface area contributed by atoms with Gasteiger partial charge in [-0.1, -0.05) is 158 Å². The summed E-state index contributed by atoms with van der Waals surface area (Å²) in [5.74, 6) is 0. The van der Waals surface area contributed by atoms with Crippen LogP contribution in [0.25, 0.3) is 102 Å². The van der Waals surface area contributed by atoms with Crippen LogP contribution in [0.15, 0.2) is 231 Å². The molecule has 0 bridgehead atoms. The first-order chi connectivity index (χ1) is 31.2. The van der Waals surface area contributed by atoms with E-state index in [1.54, 1.807) is 0 Å². The Labute approximate surface area is 368 Å². The van der Waals surface area contributed by atoms with E-state index < -0.39 is 0 Å². The third-order valence-electron chi connectivity index (χ3n) is 13.0. The van der Waals surface area contributed by atoms with Crippen LogP contribution in [0.1, 0.15) is 0 Å². The summed E-state index contributed by atoms with van der Waals surface area (Å²) in [7, 11) is 0.